The van der Waals surface area contributed by atoms with Crippen LogP contribution in [-0.2, 0) is 47.3 Å². The first-order valence-electron chi connectivity index (χ1n) is 25.3. The zero-order valence-corrected chi connectivity index (χ0v) is 49.0. The van der Waals surface area contributed by atoms with Crippen molar-refractivity contribution in [3.63, 3.8) is 0 Å². The number of hydrogen-bond donors (Lipinski definition) is 3. The van der Waals surface area contributed by atoms with Crippen LogP contribution in [0.25, 0.3) is 0 Å². The van der Waals surface area contributed by atoms with Gasteiger partial charge in [0.05, 0.1) is 10.8 Å². The molecule has 0 amide bonds. The van der Waals surface area contributed by atoms with Crippen LogP contribution >= 0.6 is 37.2 Å². The van der Waals surface area contributed by atoms with Crippen LogP contribution in [0.2, 0.25) is 0 Å². The molecule has 12 aliphatic rings. The molecule has 0 spiro atoms. The fraction of sp³-hybridized carbons (Fsp3) is 0.941. The average Bonchev–Trinajstić information content (AvgIpc) is 3.26. The Morgan fingerprint density at radius 3 is 0.957 bits per heavy atom. The summed E-state index contributed by atoms with van der Waals surface area (Å²) in [5, 5.41) is 27.3. The molecule has 6 nitrogen and oxygen atoms in total. The van der Waals surface area contributed by atoms with Crippen molar-refractivity contribution in [2.75, 3.05) is 0 Å². The van der Waals surface area contributed by atoms with Crippen molar-refractivity contribution in [2.45, 2.75) is 202 Å². The van der Waals surface area contributed by atoms with Crippen LogP contribution < -0.4 is 0 Å². The van der Waals surface area contributed by atoms with Gasteiger partial charge in [0.25, 0.3) is 0 Å². The number of halogens is 11. The van der Waals surface area contributed by atoms with E-state index in [1.165, 1.54) is 59.3 Å². The van der Waals surface area contributed by atoms with E-state index in [2.05, 4.69) is 53.6 Å². The number of hydrogen-bond acceptors (Lipinski definition) is 5. The monoisotopic (exact) mass is 1300 g/mol. The Hall–Kier alpha value is 0.984. The second-order valence-corrected chi connectivity index (χ2v) is 24.2. The van der Waals surface area contributed by atoms with Crippen molar-refractivity contribution in [3.05, 3.63) is 12.2 Å². The molecule has 0 saturated heterocycles. The van der Waals surface area contributed by atoms with Gasteiger partial charge < -0.3 is 5.11 Å². The summed E-state index contributed by atoms with van der Waals surface area (Å²) in [6.45, 7) is 15.5. The minimum Gasteiger partial charge on any atom is -0.481 e. The summed E-state index contributed by atoms with van der Waals surface area (Å²) >= 11 is 4.24. The summed E-state index contributed by atoms with van der Waals surface area (Å²) in [4.78, 5) is 19.5. The van der Waals surface area contributed by atoms with Gasteiger partial charge in [-0.15, -0.1) is 0 Å². The molecule has 69 heavy (non-hydrogen) atoms. The second-order valence-electron chi connectivity index (χ2n) is 24.2. The third-order valence-electron chi connectivity index (χ3n) is 21.0. The Balaban J connectivity index is 0.000000206. The van der Waals surface area contributed by atoms with Crippen LogP contribution in [0.1, 0.15) is 171 Å². The van der Waals surface area contributed by atoms with Crippen molar-refractivity contribution in [2.24, 2.45) is 98.1 Å². The molecule has 399 valence electrons. The predicted molar refractivity (Wildman–Crippen MR) is 261 cm³/mol. The molecule has 12 rings (SSSR count). The van der Waals surface area contributed by atoms with Crippen molar-refractivity contribution in [1.82, 2.24) is 0 Å². The first-order valence-corrected chi connectivity index (χ1v) is 31.6. The zero-order chi connectivity index (χ0) is 51.4. The Morgan fingerprint density at radius 1 is 0.551 bits per heavy atom. The largest absolute Gasteiger partial charge is 0.481 e. The Kier molecular flexibility index (Phi) is 21.1. The van der Waals surface area contributed by atoms with Gasteiger partial charge in [-0.2, -0.15) is 39.5 Å². The second kappa shape index (κ2) is 23.3. The van der Waals surface area contributed by atoms with Gasteiger partial charge in [-0.1, -0.05) is 46.8 Å². The van der Waals surface area contributed by atoms with E-state index in [0.717, 1.165) is 75.0 Å². The van der Waals surface area contributed by atoms with E-state index in [1.54, 1.807) is 25.8 Å². The molecule has 1 radical (unpaired) electrons. The third kappa shape index (κ3) is 11.7. The van der Waals surface area contributed by atoms with Crippen molar-refractivity contribution < 1.29 is 102 Å². The summed E-state index contributed by atoms with van der Waals surface area (Å²) in [7, 11) is 0. The fourth-order valence-corrected chi connectivity index (χ4v) is 16.4. The minimum absolute atomic E-state index is 0. The molecular weight excluding hydrogens is 1220 g/mol. The third-order valence-corrected chi connectivity index (χ3v) is 21.0. The number of carbonyl (C=O) groups is 1. The molecule has 18 heteroatoms. The fourth-order valence-electron chi connectivity index (χ4n) is 16.4. The maximum atomic E-state index is 13.7. The summed E-state index contributed by atoms with van der Waals surface area (Å²) < 4.78 is 118. The summed E-state index contributed by atoms with van der Waals surface area (Å²) in [6.07, 6.45) is 1.62. The molecule has 3 N–H and O–H groups in total. The summed E-state index contributed by atoms with van der Waals surface area (Å²) in [6, 6.07) is 0. The topological polar surface area (TPSA) is 96.2 Å². The first-order chi connectivity index (χ1) is 31.4. The standard InChI is InChI=1S/2C17H27F3O2.C11H16.C6H9F3O2.I2.Y/c2*1-4-15(2,17(18,19)20)14(22-21)16(3)12-6-10-5-11(8-12)9-13(16)7-10;1-7-10-3-8-2-9(5-10)6-11(7)4-8;1-3-5(2,4(10)11)6(7,8)9;1-2;/h2*10-14,21H,4-9H2,1-3H3;8-11H,1-6H2;3H2,1-2H3,(H,10,11);;. The molecule has 5 atom stereocenters. The van der Waals surface area contributed by atoms with Gasteiger partial charge in [0, 0.05) is 80.8 Å². The van der Waals surface area contributed by atoms with E-state index in [9.17, 15) is 54.8 Å². The van der Waals surface area contributed by atoms with Crippen molar-refractivity contribution >= 4 is 43.2 Å². The van der Waals surface area contributed by atoms with Gasteiger partial charge in [0.15, 0.2) is 5.41 Å². The number of rotatable bonds is 10. The van der Waals surface area contributed by atoms with E-state index in [4.69, 9.17) is 5.11 Å². The Labute approximate surface area is 453 Å². The van der Waals surface area contributed by atoms with Crippen LogP contribution in [0.3, 0.4) is 0 Å². The molecule has 5 unspecified atom stereocenters. The summed E-state index contributed by atoms with van der Waals surface area (Å²) in [5.41, 5.74) is -6.16. The van der Waals surface area contributed by atoms with Crippen molar-refractivity contribution in [3.8, 4) is 0 Å². The average molecular weight is 1300 g/mol. The van der Waals surface area contributed by atoms with Crippen LogP contribution in [0.15, 0.2) is 12.2 Å². The quantitative estimate of drug-likeness (QED) is 0.0663. The molecule has 12 fully saturated rings. The van der Waals surface area contributed by atoms with Gasteiger partial charge in [-0.25, -0.2) is 9.78 Å². The number of alkyl halides is 9. The van der Waals surface area contributed by atoms with Gasteiger partial charge in [-0.05, 0) is 207 Å². The van der Waals surface area contributed by atoms with Gasteiger partial charge in [0.1, 0.15) is 12.2 Å². The predicted octanol–water partition coefficient (Wildman–Crippen LogP) is 17.4. The zero-order valence-electron chi connectivity index (χ0n) is 41.8. The van der Waals surface area contributed by atoms with Crippen LogP contribution in [-0.4, -0.2) is 52.3 Å². The van der Waals surface area contributed by atoms with E-state index in [0.29, 0.717) is 30.6 Å². The van der Waals surface area contributed by atoms with Crippen LogP contribution in [0.5, 0.6) is 0 Å². The van der Waals surface area contributed by atoms with Crippen molar-refractivity contribution in [1.29, 1.82) is 0 Å². The Morgan fingerprint density at radius 2 is 0.797 bits per heavy atom. The number of allylic oxidation sites excluding steroid dienone is 1. The molecule has 0 aliphatic heterocycles. The number of aliphatic carboxylic acids is 1. The molecule has 12 saturated carbocycles. The molecule has 0 aromatic rings. The molecular formula is C51H79F9I2O6Y. The van der Waals surface area contributed by atoms with E-state index >= 15 is 0 Å². The van der Waals surface area contributed by atoms with E-state index in [1.807, 2.05) is 13.8 Å². The van der Waals surface area contributed by atoms with E-state index < -0.39 is 70.2 Å². The Bertz CT molecular complexity index is 1560. The van der Waals surface area contributed by atoms with E-state index in [-0.39, 0.29) is 69.2 Å². The maximum Gasteiger partial charge on any atom is 0.404 e. The molecule has 0 aromatic carbocycles. The molecule has 12 aliphatic carbocycles. The molecule has 12 bridgehead atoms. The number of carboxylic acids is 1. The number of carboxylic acid groups (broad SMARTS) is 1. The first kappa shape index (κ1) is 62.5. The van der Waals surface area contributed by atoms with Crippen LogP contribution in [0.4, 0.5) is 39.5 Å². The molecule has 0 aromatic heterocycles. The SMILES string of the molecule is C=C1C2CC3CC(C2)CC1C3.CCC(C)(C(=O)O)C(F)(F)F.CCC(C)(C(OO)C1(C)C2CC3CC(C2)CC1C3)C(F)(F)F.CCC(C)(C(OO)C1(C)C2CC3CC(C2)CC1C3)C(F)(F)F.II.[Y]. The maximum absolute atomic E-state index is 13.7. The van der Waals surface area contributed by atoms with Gasteiger partial charge in [0.2, 0.25) is 0 Å². The molecule has 0 heterocycles. The van der Waals surface area contributed by atoms with Crippen LogP contribution in [0, 0.1) is 98.1 Å². The smallest absolute Gasteiger partial charge is 0.404 e. The normalized spacial score (nSPS) is 40.0. The minimum atomic E-state index is -4.67. The summed E-state index contributed by atoms with van der Waals surface area (Å²) in [5.74, 6) is 5.95. The van der Waals surface area contributed by atoms with Gasteiger partial charge in [-0.3, -0.25) is 15.3 Å². The van der Waals surface area contributed by atoms with Gasteiger partial charge >= 0.3 is 24.5 Å².